The molecule has 3 aromatic rings. The number of hydrogen-bond donors (Lipinski definition) is 3. The van der Waals surface area contributed by atoms with Gasteiger partial charge in [0.2, 0.25) is 5.95 Å². The number of benzene rings is 2. The number of ether oxygens (including phenoxy) is 2. The molecule has 0 saturated carbocycles. The van der Waals surface area contributed by atoms with E-state index in [0.717, 1.165) is 60.7 Å². The second kappa shape index (κ2) is 9.32. The zero-order valence-corrected chi connectivity index (χ0v) is 17.2. The van der Waals surface area contributed by atoms with Crippen LogP contribution < -0.4 is 30.3 Å². The summed E-state index contributed by atoms with van der Waals surface area (Å²) in [5.74, 6) is 3.76. The minimum atomic E-state index is 0.534. The van der Waals surface area contributed by atoms with E-state index in [-0.39, 0.29) is 0 Å². The van der Waals surface area contributed by atoms with Gasteiger partial charge in [-0.05, 0) is 48.5 Å². The predicted octanol–water partition coefficient (Wildman–Crippen LogP) is 3.39. The van der Waals surface area contributed by atoms with Gasteiger partial charge < -0.3 is 30.3 Å². The van der Waals surface area contributed by atoms with Crippen LogP contribution in [0.3, 0.4) is 0 Å². The van der Waals surface area contributed by atoms with E-state index in [2.05, 4.69) is 25.8 Å². The van der Waals surface area contributed by atoms with E-state index < -0.39 is 0 Å². The van der Waals surface area contributed by atoms with Crippen molar-refractivity contribution in [1.82, 2.24) is 15.3 Å². The second-order valence-corrected chi connectivity index (χ2v) is 6.88. The molecule has 0 bridgehead atoms. The molecule has 1 fully saturated rings. The minimum Gasteiger partial charge on any atom is -0.497 e. The molecule has 8 heteroatoms. The zero-order chi connectivity index (χ0) is 20.8. The number of methoxy groups -OCH3 is 2. The minimum absolute atomic E-state index is 0.534. The molecule has 0 spiro atoms. The van der Waals surface area contributed by atoms with E-state index in [1.54, 1.807) is 14.2 Å². The number of anilines is 5. The van der Waals surface area contributed by atoms with Crippen molar-refractivity contribution in [3.63, 3.8) is 0 Å². The van der Waals surface area contributed by atoms with Gasteiger partial charge >= 0.3 is 0 Å². The first-order chi connectivity index (χ1) is 14.7. The molecule has 2 heterocycles. The van der Waals surface area contributed by atoms with Crippen molar-refractivity contribution in [1.29, 1.82) is 0 Å². The number of rotatable bonds is 7. The number of nitrogens with one attached hydrogen (secondary N) is 3. The molecule has 0 unspecified atom stereocenters. The van der Waals surface area contributed by atoms with Crippen molar-refractivity contribution in [2.24, 2.45) is 0 Å². The quantitative estimate of drug-likeness (QED) is 0.551. The summed E-state index contributed by atoms with van der Waals surface area (Å²) < 4.78 is 10.5. The maximum Gasteiger partial charge on any atom is 0.231 e. The van der Waals surface area contributed by atoms with E-state index in [9.17, 15) is 0 Å². The van der Waals surface area contributed by atoms with E-state index in [4.69, 9.17) is 14.5 Å². The highest BCUT2D eigenvalue weighted by Gasteiger charge is 2.15. The van der Waals surface area contributed by atoms with Crippen LogP contribution in [0.5, 0.6) is 11.5 Å². The molecule has 0 amide bonds. The highest BCUT2D eigenvalue weighted by atomic mass is 16.5. The summed E-state index contributed by atoms with van der Waals surface area (Å²) in [6.07, 6.45) is 0. The Bertz CT molecular complexity index is 889. The van der Waals surface area contributed by atoms with Crippen LogP contribution >= 0.6 is 0 Å². The lowest BCUT2D eigenvalue weighted by Crippen LogP contribution is -2.44. The van der Waals surface area contributed by atoms with Gasteiger partial charge in [0.1, 0.15) is 23.1 Å². The first-order valence-corrected chi connectivity index (χ1v) is 9.90. The smallest absolute Gasteiger partial charge is 0.231 e. The Morgan fingerprint density at radius 1 is 0.800 bits per heavy atom. The van der Waals surface area contributed by atoms with Gasteiger partial charge in [-0.25, -0.2) is 0 Å². The number of piperazine rings is 1. The molecule has 4 rings (SSSR count). The Morgan fingerprint density at radius 2 is 1.37 bits per heavy atom. The Labute approximate surface area is 176 Å². The molecule has 1 aromatic heterocycles. The maximum absolute atomic E-state index is 5.23. The Morgan fingerprint density at radius 3 is 1.93 bits per heavy atom. The molecule has 30 heavy (non-hydrogen) atoms. The van der Waals surface area contributed by atoms with Crippen LogP contribution in [0.15, 0.2) is 54.6 Å². The van der Waals surface area contributed by atoms with Crippen molar-refractivity contribution in [2.45, 2.75) is 0 Å². The van der Waals surface area contributed by atoms with Crippen molar-refractivity contribution < 1.29 is 9.47 Å². The standard InChI is InChI=1S/C22H26N6O2/c1-29-18-7-3-16(4-8-18)24-20-15-21(28-13-11-23-12-14-28)27-22(26-20)25-17-5-9-19(30-2)10-6-17/h3-10,15,23H,11-14H2,1-2H3,(H2,24,25,26,27). The van der Waals surface area contributed by atoms with E-state index in [1.165, 1.54) is 0 Å². The van der Waals surface area contributed by atoms with Gasteiger partial charge in [-0.3, -0.25) is 0 Å². The summed E-state index contributed by atoms with van der Waals surface area (Å²) >= 11 is 0. The van der Waals surface area contributed by atoms with Gasteiger partial charge in [-0.15, -0.1) is 0 Å². The van der Waals surface area contributed by atoms with E-state index >= 15 is 0 Å². The summed E-state index contributed by atoms with van der Waals surface area (Å²) in [4.78, 5) is 11.7. The SMILES string of the molecule is COc1ccc(Nc2cc(N3CCNCC3)nc(Nc3ccc(OC)cc3)n2)cc1. The van der Waals surface area contributed by atoms with Gasteiger partial charge in [0.25, 0.3) is 0 Å². The summed E-state index contributed by atoms with van der Waals surface area (Å²) in [5, 5.41) is 10.0. The van der Waals surface area contributed by atoms with Crippen molar-refractivity contribution in [2.75, 3.05) is 55.9 Å². The Hall–Kier alpha value is -3.52. The van der Waals surface area contributed by atoms with Crippen LogP contribution in [-0.4, -0.2) is 50.4 Å². The van der Waals surface area contributed by atoms with E-state index in [1.807, 2.05) is 54.6 Å². The fourth-order valence-electron chi connectivity index (χ4n) is 3.24. The van der Waals surface area contributed by atoms with Gasteiger partial charge in [-0.1, -0.05) is 0 Å². The highest BCUT2D eigenvalue weighted by Crippen LogP contribution is 2.25. The van der Waals surface area contributed by atoms with Gasteiger partial charge in [0.05, 0.1) is 14.2 Å². The second-order valence-electron chi connectivity index (χ2n) is 6.88. The molecule has 156 valence electrons. The van der Waals surface area contributed by atoms with Crippen LogP contribution in [0.4, 0.5) is 29.0 Å². The average molecular weight is 406 g/mol. The molecule has 1 aliphatic rings. The summed E-state index contributed by atoms with van der Waals surface area (Å²) in [6, 6.07) is 17.4. The van der Waals surface area contributed by atoms with Crippen molar-refractivity contribution >= 4 is 29.0 Å². The molecule has 0 radical (unpaired) electrons. The predicted molar refractivity (Wildman–Crippen MR) is 120 cm³/mol. The lowest BCUT2D eigenvalue weighted by atomic mass is 10.3. The highest BCUT2D eigenvalue weighted by molar-refractivity contribution is 5.64. The van der Waals surface area contributed by atoms with Crippen LogP contribution in [-0.2, 0) is 0 Å². The molecule has 1 aliphatic heterocycles. The molecule has 2 aromatic carbocycles. The molecule has 1 saturated heterocycles. The van der Waals surface area contributed by atoms with Gasteiger partial charge in [0, 0.05) is 43.6 Å². The van der Waals surface area contributed by atoms with Gasteiger partial charge in [-0.2, -0.15) is 9.97 Å². The number of hydrogen-bond acceptors (Lipinski definition) is 8. The van der Waals surface area contributed by atoms with Crippen LogP contribution in [0.1, 0.15) is 0 Å². The lowest BCUT2D eigenvalue weighted by Gasteiger charge is -2.29. The molecular formula is C22H26N6O2. The molecular weight excluding hydrogens is 380 g/mol. The fourth-order valence-corrected chi connectivity index (χ4v) is 3.24. The van der Waals surface area contributed by atoms with Crippen LogP contribution in [0, 0.1) is 0 Å². The lowest BCUT2D eigenvalue weighted by molar-refractivity contribution is 0.415. The van der Waals surface area contributed by atoms with Crippen LogP contribution in [0.2, 0.25) is 0 Å². The zero-order valence-electron chi connectivity index (χ0n) is 17.2. The fraction of sp³-hybridized carbons (Fsp3) is 0.273. The average Bonchev–Trinajstić information content (AvgIpc) is 2.80. The molecule has 0 atom stereocenters. The van der Waals surface area contributed by atoms with Crippen molar-refractivity contribution in [3.05, 3.63) is 54.6 Å². The van der Waals surface area contributed by atoms with Crippen LogP contribution in [0.25, 0.3) is 0 Å². The topological polar surface area (TPSA) is 83.6 Å². The third kappa shape index (κ3) is 4.90. The maximum atomic E-state index is 5.23. The Balaban J connectivity index is 1.60. The largest absolute Gasteiger partial charge is 0.497 e. The molecule has 3 N–H and O–H groups in total. The number of aromatic nitrogens is 2. The van der Waals surface area contributed by atoms with Gasteiger partial charge in [0.15, 0.2) is 0 Å². The summed E-state index contributed by atoms with van der Waals surface area (Å²) in [6.45, 7) is 3.68. The third-order valence-corrected chi connectivity index (χ3v) is 4.86. The van der Waals surface area contributed by atoms with Crippen molar-refractivity contribution in [3.8, 4) is 11.5 Å². The molecule has 0 aliphatic carbocycles. The normalized spacial score (nSPS) is 13.6. The summed E-state index contributed by atoms with van der Waals surface area (Å²) in [7, 11) is 3.31. The first kappa shape index (κ1) is 19.8. The number of nitrogens with zero attached hydrogens (tertiary/aromatic N) is 3. The summed E-state index contributed by atoms with van der Waals surface area (Å²) in [5.41, 5.74) is 1.82. The monoisotopic (exact) mass is 406 g/mol. The Kier molecular flexibility index (Phi) is 6.14. The molecule has 8 nitrogen and oxygen atoms in total. The third-order valence-electron chi connectivity index (χ3n) is 4.86. The van der Waals surface area contributed by atoms with E-state index in [0.29, 0.717) is 5.95 Å². The first-order valence-electron chi connectivity index (χ1n) is 9.90.